The molecule has 2 rings (SSSR count). The molecule has 0 aliphatic heterocycles. The summed E-state index contributed by atoms with van der Waals surface area (Å²) >= 11 is 0. The van der Waals surface area contributed by atoms with Gasteiger partial charge >= 0.3 is 5.76 Å². The van der Waals surface area contributed by atoms with E-state index in [0.29, 0.717) is 17.7 Å². The number of oxazole rings is 1. The van der Waals surface area contributed by atoms with Crippen LogP contribution in [0.1, 0.15) is 17.3 Å². The molecule has 0 aliphatic carbocycles. The minimum Gasteiger partial charge on any atom is -0.408 e. The zero-order chi connectivity index (χ0) is 10.1. The topological polar surface area (TPSA) is 52.2 Å². The maximum absolute atomic E-state index is 11.3. The molecule has 0 spiro atoms. The molecule has 0 N–H and O–H groups in total. The summed E-state index contributed by atoms with van der Waals surface area (Å²) in [5.41, 5.74) is 1.69. The van der Waals surface area contributed by atoms with Crippen LogP contribution >= 0.6 is 0 Å². The molecule has 4 heteroatoms. The predicted octanol–water partition coefficient (Wildman–Crippen LogP) is 1.43. The lowest BCUT2D eigenvalue weighted by Gasteiger charge is -1.94. The smallest absolute Gasteiger partial charge is 0.408 e. The first kappa shape index (κ1) is 8.74. The Morgan fingerprint density at radius 1 is 1.50 bits per heavy atom. The summed E-state index contributed by atoms with van der Waals surface area (Å²) in [5.74, 6) is -0.384. The van der Waals surface area contributed by atoms with Gasteiger partial charge in [0.15, 0.2) is 5.58 Å². The van der Waals surface area contributed by atoms with Crippen LogP contribution in [0.15, 0.2) is 27.4 Å². The summed E-state index contributed by atoms with van der Waals surface area (Å²) in [7, 11) is 0. The van der Waals surface area contributed by atoms with Gasteiger partial charge in [0.1, 0.15) is 6.29 Å². The van der Waals surface area contributed by atoms with Gasteiger partial charge in [0.05, 0.1) is 5.52 Å². The van der Waals surface area contributed by atoms with Crippen LogP contribution in [0.2, 0.25) is 0 Å². The van der Waals surface area contributed by atoms with Gasteiger partial charge in [0.2, 0.25) is 0 Å². The van der Waals surface area contributed by atoms with Crippen LogP contribution in [0, 0.1) is 0 Å². The molecule has 0 saturated heterocycles. The number of aryl methyl sites for hydroxylation is 1. The number of carbonyl (C=O) groups is 1. The third-order valence-corrected chi connectivity index (χ3v) is 2.14. The summed E-state index contributed by atoms with van der Waals surface area (Å²) in [5, 5.41) is 0. The molecular formula is C10H9NO3. The SMILES string of the molecule is CCn1c(=O)oc2cc(C=O)ccc21. The van der Waals surface area contributed by atoms with E-state index in [1.807, 2.05) is 6.92 Å². The van der Waals surface area contributed by atoms with Gasteiger partial charge in [-0.3, -0.25) is 9.36 Å². The van der Waals surface area contributed by atoms with E-state index in [-0.39, 0.29) is 5.76 Å². The van der Waals surface area contributed by atoms with Crippen molar-refractivity contribution >= 4 is 17.4 Å². The minimum absolute atomic E-state index is 0.384. The Balaban J connectivity index is 2.80. The monoisotopic (exact) mass is 191 g/mol. The largest absolute Gasteiger partial charge is 0.419 e. The average molecular weight is 191 g/mol. The van der Waals surface area contributed by atoms with Gasteiger partial charge in [-0.25, -0.2) is 4.79 Å². The molecule has 1 aromatic carbocycles. The van der Waals surface area contributed by atoms with Gasteiger partial charge in [-0.15, -0.1) is 0 Å². The van der Waals surface area contributed by atoms with E-state index in [1.54, 1.807) is 18.2 Å². The molecule has 0 unspecified atom stereocenters. The first-order chi connectivity index (χ1) is 6.76. The van der Waals surface area contributed by atoms with Crippen LogP contribution in [0.3, 0.4) is 0 Å². The molecule has 0 radical (unpaired) electrons. The van der Waals surface area contributed by atoms with E-state index in [0.717, 1.165) is 11.8 Å². The number of nitrogens with zero attached hydrogens (tertiary/aromatic N) is 1. The van der Waals surface area contributed by atoms with Crippen molar-refractivity contribution in [3.05, 3.63) is 34.3 Å². The lowest BCUT2D eigenvalue weighted by Crippen LogP contribution is -2.11. The van der Waals surface area contributed by atoms with Crippen LogP contribution in [-0.2, 0) is 6.54 Å². The lowest BCUT2D eigenvalue weighted by molar-refractivity contribution is 0.112. The Labute approximate surface area is 79.8 Å². The fourth-order valence-corrected chi connectivity index (χ4v) is 1.46. The molecular weight excluding hydrogens is 182 g/mol. The van der Waals surface area contributed by atoms with Gasteiger partial charge in [-0.05, 0) is 25.1 Å². The van der Waals surface area contributed by atoms with Crippen LogP contribution in [0.4, 0.5) is 0 Å². The Kier molecular flexibility index (Phi) is 1.96. The van der Waals surface area contributed by atoms with Crippen LogP contribution in [0.5, 0.6) is 0 Å². The van der Waals surface area contributed by atoms with E-state index in [1.165, 1.54) is 4.57 Å². The molecule has 2 aromatic rings. The highest BCUT2D eigenvalue weighted by Gasteiger charge is 2.07. The number of hydrogen-bond acceptors (Lipinski definition) is 3. The standard InChI is InChI=1S/C10H9NO3/c1-2-11-8-4-3-7(6-12)5-9(8)14-10(11)13/h3-6H,2H2,1H3. The van der Waals surface area contributed by atoms with Crippen molar-refractivity contribution in [1.29, 1.82) is 0 Å². The average Bonchev–Trinajstić information content (AvgIpc) is 2.51. The zero-order valence-electron chi connectivity index (χ0n) is 7.69. The van der Waals surface area contributed by atoms with Crippen molar-refractivity contribution in [2.24, 2.45) is 0 Å². The molecule has 14 heavy (non-hydrogen) atoms. The Morgan fingerprint density at radius 2 is 2.29 bits per heavy atom. The second-order valence-electron chi connectivity index (χ2n) is 2.96. The number of fused-ring (bicyclic) bond motifs is 1. The van der Waals surface area contributed by atoms with Crippen molar-refractivity contribution < 1.29 is 9.21 Å². The number of rotatable bonds is 2. The Hall–Kier alpha value is -1.84. The van der Waals surface area contributed by atoms with E-state index >= 15 is 0 Å². The molecule has 0 saturated carbocycles. The first-order valence-electron chi connectivity index (χ1n) is 4.35. The Bertz CT molecular complexity index is 536. The molecule has 0 bridgehead atoms. The van der Waals surface area contributed by atoms with Gasteiger partial charge in [0.25, 0.3) is 0 Å². The van der Waals surface area contributed by atoms with Crippen molar-refractivity contribution in [2.45, 2.75) is 13.5 Å². The number of aldehydes is 1. The normalized spacial score (nSPS) is 10.6. The van der Waals surface area contributed by atoms with Gasteiger partial charge in [-0.2, -0.15) is 0 Å². The Morgan fingerprint density at radius 3 is 2.93 bits per heavy atom. The summed E-state index contributed by atoms with van der Waals surface area (Å²) in [4.78, 5) is 21.8. The minimum atomic E-state index is -0.384. The molecule has 1 aromatic heterocycles. The fraction of sp³-hybridized carbons (Fsp3) is 0.200. The predicted molar refractivity (Wildman–Crippen MR) is 51.5 cm³/mol. The second-order valence-corrected chi connectivity index (χ2v) is 2.96. The highest BCUT2D eigenvalue weighted by atomic mass is 16.4. The van der Waals surface area contributed by atoms with E-state index in [2.05, 4.69) is 0 Å². The molecule has 0 fully saturated rings. The quantitative estimate of drug-likeness (QED) is 0.674. The van der Waals surface area contributed by atoms with Gasteiger partial charge in [-0.1, -0.05) is 0 Å². The summed E-state index contributed by atoms with van der Waals surface area (Å²) in [6.45, 7) is 2.43. The van der Waals surface area contributed by atoms with Crippen LogP contribution in [0.25, 0.3) is 11.1 Å². The maximum Gasteiger partial charge on any atom is 0.419 e. The molecule has 1 heterocycles. The van der Waals surface area contributed by atoms with Crippen molar-refractivity contribution in [1.82, 2.24) is 4.57 Å². The molecule has 4 nitrogen and oxygen atoms in total. The van der Waals surface area contributed by atoms with E-state index in [4.69, 9.17) is 4.42 Å². The first-order valence-corrected chi connectivity index (χ1v) is 4.35. The molecule has 0 aliphatic rings. The fourth-order valence-electron chi connectivity index (χ4n) is 1.46. The second kappa shape index (κ2) is 3.14. The highest BCUT2D eigenvalue weighted by molar-refractivity contribution is 5.83. The zero-order valence-corrected chi connectivity index (χ0v) is 7.69. The van der Waals surface area contributed by atoms with Crippen molar-refractivity contribution in [3.63, 3.8) is 0 Å². The highest BCUT2D eigenvalue weighted by Crippen LogP contribution is 2.13. The summed E-state index contributed by atoms with van der Waals surface area (Å²) < 4.78 is 6.50. The van der Waals surface area contributed by atoms with Crippen LogP contribution in [-0.4, -0.2) is 10.9 Å². The molecule has 0 amide bonds. The molecule has 0 atom stereocenters. The number of hydrogen-bond donors (Lipinski definition) is 0. The van der Waals surface area contributed by atoms with Gasteiger partial charge in [0, 0.05) is 12.1 Å². The third kappa shape index (κ3) is 1.16. The van der Waals surface area contributed by atoms with Crippen LogP contribution < -0.4 is 5.76 Å². The van der Waals surface area contributed by atoms with E-state index in [9.17, 15) is 9.59 Å². The number of aromatic nitrogens is 1. The third-order valence-electron chi connectivity index (χ3n) is 2.14. The maximum atomic E-state index is 11.3. The number of carbonyl (C=O) groups excluding carboxylic acids is 1. The lowest BCUT2D eigenvalue weighted by atomic mass is 10.2. The summed E-state index contributed by atoms with van der Waals surface area (Å²) in [6.07, 6.45) is 0.725. The number of benzene rings is 1. The van der Waals surface area contributed by atoms with Crippen molar-refractivity contribution in [2.75, 3.05) is 0 Å². The van der Waals surface area contributed by atoms with Gasteiger partial charge < -0.3 is 4.42 Å². The molecule has 72 valence electrons. The van der Waals surface area contributed by atoms with Crippen molar-refractivity contribution in [3.8, 4) is 0 Å². The van der Waals surface area contributed by atoms with E-state index < -0.39 is 0 Å². The summed E-state index contributed by atoms with van der Waals surface area (Å²) in [6, 6.07) is 4.94.